The summed E-state index contributed by atoms with van der Waals surface area (Å²) in [5.41, 5.74) is 6.17. The molecule has 0 radical (unpaired) electrons. The van der Waals surface area contributed by atoms with Crippen molar-refractivity contribution < 1.29 is 4.74 Å². The summed E-state index contributed by atoms with van der Waals surface area (Å²) in [4.78, 5) is 6.64. The lowest BCUT2D eigenvalue weighted by atomic mass is 10.1. The second kappa shape index (κ2) is 5.72. The predicted molar refractivity (Wildman–Crippen MR) is 65.6 cm³/mol. The minimum absolute atomic E-state index is 0.0560. The molecule has 16 heavy (non-hydrogen) atoms. The van der Waals surface area contributed by atoms with Crippen LogP contribution < -0.4 is 5.73 Å². The van der Waals surface area contributed by atoms with Crippen molar-refractivity contribution in [2.75, 3.05) is 26.2 Å². The number of aromatic nitrogens is 1. The standard InChI is InChI=1S/C11H19N3OS/c1-2-14-4-5-15-10(8-14)9(12)7-11-13-3-6-16-11/h3,6,9-10H,2,4-5,7-8,12H2,1H3. The first kappa shape index (κ1) is 12.0. The highest BCUT2D eigenvalue weighted by atomic mass is 32.1. The molecular formula is C11H19N3OS. The average molecular weight is 241 g/mol. The summed E-state index contributed by atoms with van der Waals surface area (Å²) in [5.74, 6) is 0. The van der Waals surface area contributed by atoms with Gasteiger partial charge in [-0.3, -0.25) is 4.90 Å². The van der Waals surface area contributed by atoms with Crippen LogP contribution in [0.15, 0.2) is 11.6 Å². The van der Waals surface area contributed by atoms with E-state index in [1.54, 1.807) is 11.3 Å². The molecule has 2 unspecified atom stereocenters. The molecule has 1 fully saturated rings. The molecule has 2 atom stereocenters. The van der Waals surface area contributed by atoms with Gasteiger partial charge < -0.3 is 10.5 Å². The number of nitrogens with two attached hydrogens (primary N) is 1. The van der Waals surface area contributed by atoms with Gasteiger partial charge in [0.1, 0.15) is 0 Å². The fourth-order valence-electron chi connectivity index (χ4n) is 1.96. The van der Waals surface area contributed by atoms with Crippen LogP contribution in [0.5, 0.6) is 0 Å². The largest absolute Gasteiger partial charge is 0.374 e. The quantitative estimate of drug-likeness (QED) is 0.844. The van der Waals surface area contributed by atoms with Crippen molar-refractivity contribution in [2.24, 2.45) is 5.73 Å². The fraction of sp³-hybridized carbons (Fsp3) is 0.727. The van der Waals surface area contributed by atoms with E-state index in [9.17, 15) is 0 Å². The number of likely N-dealkylation sites (N-methyl/N-ethyl adjacent to an activating group) is 1. The Bertz CT molecular complexity index is 304. The summed E-state index contributed by atoms with van der Waals surface area (Å²) in [5, 5.41) is 3.09. The molecule has 1 saturated heterocycles. The first-order valence-corrected chi connectivity index (χ1v) is 6.65. The van der Waals surface area contributed by atoms with Crippen molar-refractivity contribution in [3.63, 3.8) is 0 Å². The summed E-state index contributed by atoms with van der Waals surface area (Å²) in [6.45, 7) is 6.02. The smallest absolute Gasteiger partial charge is 0.0941 e. The number of hydrogen-bond donors (Lipinski definition) is 1. The maximum absolute atomic E-state index is 6.17. The van der Waals surface area contributed by atoms with Crippen molar-refractivity contribution in [3.05, 3.63) is 16.6 Å². The molecule has 2 heterocycles. The van der Waals surface area contributed by atoms with Crippen LogP contribution in [-0.4, -0.2) is 48.3 Å². The molecule has 4 nitrogen and oxygen atoms in total. The van der Waals surface area contributed by atoms with E-state index >= 15 is 0 Å². The van der Waals surface area contributed by atoms with Gasteiger partial charge in [-0.1, -0.05) is 6.92 Å². The number of ether oxygens (including phenoxy) is 1. The molecule has 0 bridgehead atoms. The van der Waals surface area contributed by atoms with E-state index in [4.69, 9.17) is 10.5 Å². The van der Waals surface area contributed by atoms with Gasteiger partial charge in [0.25, 0.3) is 0 Å². The fourth-order valence-corrected chi connectivity index (χ4v) is 2.65. The highest BCUT2D eigenvalue weighted by Crippen LogP contribution is 2.13. The van der Waals surface area contributed by atoms with Gasteiger partial charge in [-0.15, -0.1) is 11.3 Å². The lowest BCUT2D eigenvalue weighted by Gasteiger charge is -2.34. The Kier molecular flexibility index (Phi) is 4.29. The molecule has 0 aromatic carbocycles. The molecular weight excluding hydrogens is 222 g/mol. The molecule has 90 valence electrons. The summed E-state index contributed by atoms with van der Waals surface area (Å²) >= 11 is 1.66. The maximum atomic E-state index is 6.17. The van der Waals surface area contributed by atoms with Crippen LogP contribution in [0.1, 0.15) is 11.9 Å². The molecule has 2 rings (SSSR count). The van der Waals surface area contributed by atoms with E-state index < -0.39 is 0 Å². The SMILES string of the molecule is CCN1CCOC(C(N)Cc2nccs2)C1. The van der Waals surface area contributed by atoms with Gasteiger partial charge in [-0.25, -0.2) is 4.98 Å². The van der Waals surface area contributed by atoms with Crippen LogP contribution in [0.25, 0.3) is 0 Å². The van der Waals surface area contributed by atoms with Crippen LogP contribution in [0, 0.1) is 0 Å². The third kappa shape index (κ3) is 3.01. The molecule has 2 N–H and O–H groups in total. The van der Waals surface area contributed by atoms with Gasteiger partial charge in [0, 0.05) is 37.1 Å². The van der Waals surface area contributed by atoms with E-state index in [2.05, 4.69) is 16.8 Å². The summed E-state index contributed by atoms with van der Waals surface area (Å²) in [6, 6.07) is 0.0560. The minimum Gasteiger partial charge on any atom is -0.374 e. The van der Waals surface area contributed by atoms with Crippen molar-refractivity contribution in [1.82, 2.24) is 9.88 Å². The highest BCUT2D eigenvalue weighted by molar-refractivity contribution is 7.09. The Morgan fingerprint density at radius 3 is 3.31 bits per heavy atom. The number of rotatable bonds is 4. The van der Waals surface area contributed by atoms with E-state index in [0.717, 1.165) is 37.7 Å². The average Bonchev–Trinajstić information content (AvgIpc) is 2.82. The summed E-state index contributed by atoms with van der Waals surface area (Å²) in [7, 11) is 0. The van der Waals surface area contributed by atoms with E-state index in [-0.39, 0.29) is 12.1 Å². The summed E-state index contributed by atoms with van der Waals surface area (Å²) in [6.07, 6.45) is 2.80. The van der Waals surface area contributed by atoms with E-state index in [0.29, 0.717) is 0 Å². The van der Waals surface area contributed by atoms with Gasteiger partial charge >= 0.3 is 0 Å². The zero-order valence-electron chi connectivity index (χ0n) is 9.63. The van der Waals surface area contributed by atoms with Crippen LogP contribution in [0.3, 0.4) is 0 Å². The topological polar surface area (TPSA) is 51.4 Å². The molecule has 1 aliphatic rings. The number of morpholine rings is 1. The zero-order chi connectivity index (χ0) is 11.4. The van der Waals surface area contributed by atoms with E-state index in [1.165, 1.54) is 0 Å². The Morgan fingerprint density at radius 2 is 2.62 bits per heavy atom. The zero-order valence-corrected chi connectivity index (χ0v) is 10.4. The monoisotopic (exact) mass is 241 g/mol. The molecule has 0 spiro atoms. The van der Waals surface area contributed by atoms with Gasteiger partial charge in [0.05, 0.1) is 17.7 Å². The van der Waals surface area contributed by atoms with Crippen molar-refractivity contribution >= 4 is 11.3 Å². The van der Waals surface area contributed by atoms with Crippen LogP contribution in [0.2, 0.25) is 0 Å². The normalized spacial score (nSPS) is 24.5. The first-order valence-electron chi connectivity index (χ1n) is 5.77. The Hall–Kier alpha value is -0.490. The predicted octanol–water partition coefficient (Wildman–Crippen LogP) is 0.734. The van der Waals surface area contributed by atoms with Gasteiger partial charge in [-0.2, -0.15) is 0 Å². The Morgan fingerprint density at radius 1 is 1.75 bits per heavy atom. The lowest BCUT2D eigenvalue weighted by molar-refractivity contribution is -0.0385. The molecule has 5 heteroatoms. The number of nitrogens with zero attached hydrogens (tertiary/aromatic N) is 2. The molecule has 1 aromatic rings. The second-order valence-electron chi connectivity index (χ2n) is 4.10. The molecule has 0 aliphatic carbocycles. The van der Waals surface area contributed by atoms with Crippen LogP contribution in [0.4, 0.5) is 0 Å². The third-order valence-electron chi connectivity index (χ3n) is 3.00. The Balaban J connectivity index is 1.86. The molecule has 1 aliphatic heterocycles. The Labute approximate surface area is 100 Å². The number of hydrogen-bond acceptors (Lipinski definition) is 5. The number of thiazole rings is 1. The van der Waals surface area contributed by atoms with Gasteiger partial charge in [-0.05, 0) is 6.54 Å². The second-order valence-corrected chi connectivity index (χ2v) is 5.08. The maximum Gasteiger partial charge on any atom is 0.0941 e. The van der Waals surface area contributed by atoms with Crippen LogP contribution in [-0.2, 0) is 11.2 Å². The van der Waals surface area contributed by atoms with Crippen molar-refractivity contribution in [1.29, 1.82) is 0 Å². The lowest BCUT2D eigenvalue weighted by Crippen LogP contribution is -2.51. The third-order valence-corrected chi connectivity index (χ3v) is 3.80. The molecule has 1 aromatic heterocycles. The van der Waals surface area contributed by atoms with Crippen LogP contribution >= 0.6 is 11.3 Å². The molecule has 0 saturated carbocycles. The van der Waals surface area contributed by atoms with Gasteiger partial charge in [0.15, 0.2) is 0 Å². The van der Waals surface area contributed by atoms with Crippen molar-refractivity contribution in [2.45, 2.75) is 25.5 Å². The molecule has 0 amide bonds. The van der Waals surface area contributed by atoms with E-state index in [1.807, 2.05) is 11.6 Å². The first-order chi connectivity index (χ1) is 7.79. The van der Waals surface area contributed by atoms with Gasteiger partial charge in [0.2, 0.25) is 0 Å². The highest BCUT2D eigenvalue weighted by Gasteiger charge is 2.25. The summed E-state index contributed by atoms with van der Waals surface area (Å²) < 4.78 is 5.73. The van der Waals surface area contributed by atoms with Crippen molar-refractivity contribution in [3.8, 4) is 0 Å². The minimum atomic E-state index is 0.0560.